The summed E-state index contributed by atoms with van der Waals surface area (Å²) in [6, 6.07) is 7.56. The van der Waals surface area contributed by atoms with Crippen LogP contribution in [0.3, 0.4) is 0 Å². The first-order valence-corrected chi connectivity index (χ1v) is 8.62. The fourth-order valence-corrected chi connectivity index (χ4v) is 5.14. The normalized spacial score (nSPS) is 27.2. The van der Waals surface area contributed by atoms with E-state index in [1.807, 2.05) is 29.2 Å². The lowest BCUT2D eigenvalue weighted by Gasteiger charge is -2.24. The number of para-hydroxylation sites is 1. The number of hydrogen-bond donors (Lipinski definition) is 1. The molecule has 0 radical (unpaired) electrons. The average Bonchev–Trinajstić information content (AvgIpc) is 2.83. The number of nitrogens with one attached hydrogen (secondary N) is 1. The number of ether oxygens (including phenoxy) is 1. The topological polar surface area (TPSA) is 58.6 Å². The van der Waals surface area contributed by atoms with Crippen LogP contribution in [0.1, 0.15) is 5.56 Å². The van der Waals surface area contributed by atoms with Crippen LogP contribution in [0.4, 0.5) is 0 Å². The van der Waals surface area contributed by atoms with Gasteiger partial charge in [0.1, 0.15) is 5.75 Å². The molecule has 0 aliphatic carbocycles. The molecule has 2 aliphatic heterocycles. The summed E-state index contributed by atoms with van der Waals surface area (Å²) in [5, 5.41) is 3.74. The second kappa shape index (κ2) is 4.89. The Labute approximate surface area is 123 Å². The summed E-state index contributed by atoms with van der Waals surface area (Å²) in [6.07, 6.45) is 0. The van der Waals surface area contributed by atoms with E-state index >= 15 is 0 Å². The van der Waals surface area contributed by atoms with Gasteiger partial charge in [0.2, 0.25) is 0 Å². The first-order valence-electron chi connectivity index (χ1n) is 6.39. The van der Waals surface area contributed by atoms with Gasteiger partial charge >= 0.3 is 0 Å². The van der Waals surface area contributed by atoms with Crippen LogP contribution in [0, 0.1) is 0 Å². The maximum Gasteiger partial charge on any atom is 0.169 e. The lowest BCUT2D eigenvalue weighted by molar-refractivity contribution is 0.337. The monoisotopic (exact) mass is 312 g/mol. The third kappa shape index (κ3) is 2.35. The predicted molar refractivity (Wildman–Crippen MR) is 80.5 cm³/mol. The molecule has 2 heterocycles. The van der Waals surface area contributed by atoms with E-state index < -0.39 is 9.84 Å². The summed E-state index contributed by atoms with van der Waals surface area (Å²) in [6.45, 7) is 0.562. The standard InChI is InChI=1S/C13H16N2O3S2/c1-18-12-5-3-2-4-9(12)6-15-11-8-20(16,17)7-10(11)14-13(15)19/h2-5,10-11H,6-8H2,1H3,(H,14,19)/t10-,11-/m1/s1. The van der Waals surface area contributed by atoms with Gasteiger partial charge in [-0.3, -0.25) is 0 Å². The molecule has 108 valence electrons. The summed E-state index contributed by atoms with van der Waals surface area (Å²) in [5.74, 6) is 1.12. The van der Waals surface area contributed by atoms with Gasteiger partial charge in [0, 0.05) is 12.1 Å². The van der Waals surface area contributed by atoms with Crippen molar-refractivity contribution < 1.29 is 13.2 Å². The molecule has 2 saturated heterocycles. The van der Waals surface area contributed by atoms with Crippen LogP contribution in [0.25, 0.3) is 0 Å². The minimum absolute atomic E-state index is 0.0718. The third-order valence-electron chi connectivity index (χ3n) is 3.83. The van der Waals surface area contributed by atoms with Gasteiger partial charge in [-0.1, -0.05) is 18.2 Å². The highest BCUT2D eigenvalue weighted by atomic mass is 32.2. The van der Waals surface area contributed by atoms with Crippen molar-refractivity contribution >= 4 is 27.2 Å². The van der Waals surface area contributed by atoms with E-state index in [0.717, 1.165) is 11.3 Å². The zero-order valence-electron chi connectivity index (χ0n) is 11.1. The van der Waals surface area contributed by atoms with Gasteiger partial charge < -0.3 is 15.0 Å². The molecule has 2 aliphatic rings. The number of rotatable bonds is 3. The maximum atomic E-state index is 11.7. The number of hydrogen-bond acceptors (Lipinski definition) is 4. The van der Waals surface area contributed by atoms with Crippen LogP contribution in [-0.2, 0) is 16.4 Å². The molecule has 0 unspecified atom stereocenters. The van der Waals surface area contributed by atoms with E-state index in [-0.39, 0.29) is 23.6 Å². The molecule has 0 bridgehead atoms. The van der Waals surface area contributed by atoms with E-state index in [4.69, 9.17) is 17.0 Å². The lowest BCUT2D eigenvalue weighted by Crippen LogP contribution is -2.36. The summed E-state index contributed by atoms with van der Waals surface area (Å²) in [4.78, 5) is 1.96. The molecule has 5 nitrogen and oxygen atoms in total. The van der Waals surface area contributed by atoms with Crippen molar-refractivity contribution in [1.82, 2.24) is 10.2 Å². The van der Waals surface area contributed by atoms with E-state index in [0.29, 0.717) is 11.7 Å². The molecule has 20 heavy (non-hydrogen) atoms. The Bertz CT molecular complexity index is 645. The molecule has 1 aromatic rings. The van der Waals surface area contributed by atoms with Gasteiger partial charge in [-0.2, -0.15) is 0 Å². The minimum Gasteiger partial charge on any atom is -0.496 e. The Balaban J connectivity index is 1.85. The van der Waals surface area contributed by atoms with Crippen molar-refractivity contribution in [2.45, 2.75) is 18.6 Å². The van der Waals surface area contributed by atoms with Gasteiger partial charge in [-0.15, -0.1) is 0 Å². The molecule has 0 amide bonds. The number of nitrogens with zero attached hydrogens (tertiary/aromatic N) is 1. The van der Waals surface area contributed by atoms with Crippen molar-refractivity contribution in [2.24, 2.45) is 0 Å². The summed E-state index contributed by atoms with van der Waals surface area (Å²) in [7, 11) is -1.34. The Morgan fingerprint density at radius 2 is 2.15 bits per heavy atom. The first-order chi connectivity index (χ1) is 9.50. The van der Waals surface area contributed by atoms with Crippen LogP contribution in [0.2, 0.25) is 0 Å². The number of thiocarbonyl (C=S) groups is 1. The van der Waals surface area contributed by atoms with E-state index in [9.17, 15) is 8.42 Å². The molecule has 7 heteroatoms. The zero-order chi connectivity index (χ0) is 14.3. The van der Waals surface area contributed by atoms with Crippen LogP contribution < -0.4 is 10.1 Å². The molecule has 0 saturated carbocycles. The van der Waals surface area contributed by atoms with Gasteiger partial charge in [0.15, 0.2) is 14.9 Å². The SMILES string of the molecule is COc1ccccc1CN1C(=S)N[C@@H]2CS(=O)(=O)C[C@H]21. The molecule has 3 rings (SSSR count). The maximum absolute atomic E-state index is 11.7. The Kier molecular flexibility index (Phi) is 3.33. The summed E-state index contributed by atoms with van der Waals surface area (Å²) >= 11 is 5.33. The molecule has 2 atom stereocenters. The van der Waals surface area contributed by atoms with Gasteiger partial charge in [0.05, 0.1) is 30.7 Å². The van der Waals surface area contributed by atoms with Crippen molar-refractivity contribution in [1.29, 1.82) is 0 Å². The Morgan fingerprint density at radius 1 is 1.40 bits per heavy atom. The highest BCUT2D eigenvalue weighted by Crippen LogP contribution is 2.28. The number of fused-ring (bicyclic) bond motifs is 1. The summed E-state index contributed by atoms with van der Waals surface area (Å²) in [5.41, 5.74) is 1.00. The molecular formula is C13H16N2O3S2. The lowest BCUT2D eigenvalue weighted by atomic mass is 10.1. The second-order valence-electron chi connectivity index (χ2n) is 5.14. The van der Waals surface area contributed by atoms with Crippen LogP contribution in [0.5, 0.6) is 5.75 Å². The van der Waals surface area contributed by atoms with Crippen LogP contribution >= 0.6 is 12.2 Å². The van der Waals surface area contributed by atoms with E-state index in [1.165, 1.54) is 0 Å². The number of benzene rings is 1. The first kappa shape index (κ1) is 13.6. The van der Waals surface area contributed by atoms with Crippen molar-refractivity contribution in [2.75, 3.05) is 18.6 Å². The van der Waals surface area contributed by atoms with Gasteiger partial charge in [0.25, 0.3) is 0 Å². The minimum atomic E-state index is -2.96. The van der Waals surface area contributed by atoms with Gasteiger partial charge in [-0.05, 0) is 18.3 Å². The van der Waals surface area contributed by atoms with E-state index in [1.54, 1.807) is 7.11 Å². The van der Waals surface area contributed by atoms with Crippen LogP contribution in [-0.4, -0.2) is 49.1 Å². The van der Waals surface area contributed by atoms with Crippen molar-refractivity contribution in [3.05, 3.63) is 29.8 Å². The highest BCUT2D eigenvalue weighted by molar-refractivity contribution is 7.91. The molecule has 1 aromatic carbocycles. The Morgan fingerprint density at radius 3 is 2.90 bits per heavy atom. The molecule has 0 spiro atoms. The predicted octanol–water partition coefficient (Wildman–Crippen LogP) is 0.551. The fraction of sp³-hybridized carbons (Fsp3) is 0.462. The number of methoxy groups -OCH3 is 1. The van der Waals surface area contributed by atoms with Crippen LogP contribution in [0.15, 0.2) is 24.3 Å². The second-order valence-corrected chi connectivity index (χ2v) is 7.68. The zero-order valence-corrected chi connectivity index (χ0v) is 12.7. The average molecular weight is 312 g/mol. The smallest absolute Gasteiger partial charge is 0.169 e. The molecule has 1 N–H and O–H groups in total. The summed E-state index contributed by atoms with van der Waals surface area (Å²) < 4.78 is 28.8. The third-order valence-corrected chi connectivity index (χ3v) is 5.89. The van der Waals surface area contributed by atoms with Gasteiger partial charge in [-0.25, -0.2) is 8.42 Å². The molecular weight excluding hydrogens is 296 g/mol. The number of sulfone groups is 1. The van der Waals surface area contributed by atoms with E-state index in [2.05, 4.69) is 5.32 Å². The fourth-order valence-electron chi connectivity index (χ4n) is 2.87. The molecule has 2 fully saturated rings. The Hall–Kier alpha value is -1.34. The highest BCUT2D eigenvalue weighted by Gasteiger charge is 2.47. The molecule has 0 aromatic heterocycles. The van der Waals surface area contributed by atoms with Crippen molar-refractivity contribution in [3.63, 3.8) is 0 Å². The quantitative estimate of drug-likeness (QED) is 0.823. The van der Waals surface area contributed by atoms with Crippen molar-refractivity contribution in [3.8, 4) is 5.75 Å². The largest absolute Gasteiger partial charge is 0.496 e.